The molecular formula is C17H28IN7O2. The molecule has 1 aliphatic rings. The number of rotatable bonds is 6. The number of aromatic nitrogens is 4. The monoisotopic (exact) mass is 489 g/mol. The molecule has 0 radical (unpaired) electrons. The second-order valence-electron chi connectivity index (χ2n) is 6.49. The second-order valence-corrected chi connectivity index (χ2v) is 6.49. The first-order valence-electron chi connectivity index (χ1n) is 9.12. The lowest BCUT2D eigenvalue weighted by molar-refractivity contribution is 0.463. The van der Waals surface area contributed by atoms with Crippen molar-refractivity contribution >= 4 is 29.9 Å². The van der Waals surface area contributed by atoms with Crippen LogP contribution in [0.1, 0.15) is 42.4 Å². The van der Waals surface area contributed by atoms with E-state index in [4.69, 9.17) is 4.42 Å². The Kier molecular flexibility index (Phi) is 7.87. The van der Waals surface area contributed by atoms with E-state index >= 15 is 0 Å². The van der Waals surface area contributed by atoms with Gasteiger partial charge in [0.2, 0.25) is 5.89 Å². The molecule has 2 N–H and O–H groups in total. The summed E-state index contributed by atoms with van der Waals surface area (Å²) in [6, 6.07) is 0. The summed E-state index contributed by atoms with van der Waals surface area (Å²) in [5.41, 5.74) is 0.912. The summed E-state index contributed by atoms with van der Waals surface area (Å²) in [6.45, 7) is 6.38. The summed E-state index contributed by atoms with van der Waals surface area (Å²) in [4.78, 5) is 20.8. The number of aliphatic imine (C=N–C) groups is 1. The van der Waals surface area contributed by atoms with E-state index in [1.165, 1.54) is 0 Å². The lowest BCUT2D eigenvalue weighted by Crippen LogP contribution is -2.38. The molecule has 0 aromatic carbocycles. The maximum Gasteiger partial charge on any atom is 0.345 e. The largest absolute Gasteiger partial charge is 0.444 e. The molecule has 0 aliphatic carbocycles. The Labute approximate surface area is 175 Å². The van der Waals surface area contributed by atoms with Crippen LogP contribution in [0.3, 0.4) is 0 Å². The third kappa shape index (κ3) is 5.33. The van der Waals surface area contributed by atoms with Gasteiger partial charge in [-0.05, 0) is 33.1 Å². The van der Waals surface area contributed by atoms with Crippen molar-refractivity contribution in [3.63, 3.8) is 0 Å². The van der Waals surface area contributed by atoms with Gasteiger partial charge < -0.3 is 15.1 Å². The van der Waals surface area contributed by atoms with E-state index in [0.29, 0.717) is 31.5 Å². The van der Waals surface area contributed by atoms with Crippen LogP contribution in [0.15, 0.2) is 14.2 Å². The van der Waals surface area contributed by atoms with Crippen molar-refractivity contribution in [2.45, 2.75) is 59.2 Å². The first kappa shape index (κ1) is 21.5. The van der Waals surface area contributed by atoms with Crippen molar-refractivity contribution in [2.24, 2.45) is 4.99 Å². The molecule has 1 aliphatic heterocycles. The van der Waals surface area contributed by atoms with Crippen LogP contribution in [-0.2, 0) is 26.1 Å². The fraction of sp³-hybridized carbons (Fsp3) is 0.647. The molecular weight excluding hydrogens is 461 g/mol. The number of halogens is 1. The van der Waals surface area contributed by atoms with Crippen molar-refractivity contribution in [3.05, 3.63) is 33.7 Å². The molecule has 3 heterocycles. The van der Waals surface area contributed by atoms with Crippen LogP contribution in [0.25, 0.3) is 0 Å². The number of hydrogen-bond acceptors (Lipinski definition) is 5. The molecule has 0 bridgehead atoms. The summed E-state index contributed by atoms with van der Waals surface area (Å²) in [5, 5.41) is 10.8. The van der Waals surface area contributed by atoms with Gasteiger partial charge >= 0.3 is 5.69 Å². The van der Waals surface area contributed by atoms with E-state index in [1.807, 2.05) is 13.8 Å². The molecule has 0 amide bonds. The predicted octanol–water partition coefficient (Wildman–Crippen LogP) is 1.36. The van der Waals surface area contributed by atoms with Gasteiger partial charge in [0.15, 0.2) is 5.96 Å². The fourth-order valence-electron chi connectivity index (χ4n) is 3.02. The van der Waals surface area contributed by atoms with E-state index < -0.39 is 0 Å². The normalized spacial score (nSPS) is 13.8. The molecule has 0 unspecified atom stereocenters. The van der Waals surface area contributed by atoms with Crippen LogP contribution >= 0.6 is 24.0 Å². The van der Waals surface area contributed by atoms with Crippen LogP contribution in [0.2, 0.25) is 0 Å². The first-order valence-corrected chi connectivity index (χ1v) is 9.12. The molecule has 0 spiro atoms. The first-order chi connectivity index (χ1) is 12.6. The minimum atomic E-state index is 0. The Balaban J connectivity index is 0.00000261. The highest BCUT2D eigenvalue weighted by molar-refractivity contribution is 14.0. The van der Waals surface area contributed by atoms with Gasteiger partial charge in [0.05, 0.1) is 12.2 Å². The molecule has 10 heteroatoms. The van der Waals surface area contributed by atoms with Gasteiger partial charge in [-0.1, -0.05) is 0 Å². The zero-order valence-electron chi connectivity index (χ0n) is 16.1. The minimum Gasteiger partial charge on any atom is -0.444 e. The van der Waals surface area contributed by atoms with E-state index in [2.05, 4.69) is 25.7 Å². The minimum absolute atomic E-state index is 0. The Bertz CT molecular complexity index is 817. The zero-order chi connectivity index (χ0) is 18.5. The van der Waals surface area contributed by atoms with E-state index in [1.54, 1.807) is 16.3 Å². The molecule has 2 aromatic rings. The summed E-state index contributed by atoms with van der Waals surface area (Å²) in [7, 11) is 1.72. The predicted molar refractivity (Wildman–Crippen MR) is 114 cm³/mol. The zero-order valence-corrected chi connectivity index (χ0v) is 18.4. The van der Waals surface area contributed by atoms with Crippen molar-refractivity contribution < 1.29 is 4.42 Å². The Morgan fingerprint density at radius 2 is 2.11 bits per heavy atom. The van der Waals surface area contributed by atoms with Crippen LogP contribution < -0.4 is 16.3 Å². The van der Waals surface area contributed by atoms with E-state index in [9.17, 15) is 4.79 Å². The van der Waals surface area contributed by atoms with E-state index in [0.717, 1.165) is 49.5 Å². The molecule has 0 saturated heterocycles. The molecule has 3 rings (SSSR count). The third-order valence-corrected chi connectivity index (χ3v) is 4.57. The second kappa shape index (κ2) is 9.90. The third-order valence-electron chi connectivity index (χ3n) is 4.57. The molecule has 27 heavy (non-hydrogen) atoms. The SMILES string of the molecule is CN=C(NCCCn1nc2n(c1=O)CCCC2)NCc1nc(C)c(C)o1.I. The van der Waals surface area contributed by atoms with Crippen molar-refractivity contribution in [2.75, 3.05) is 13.6 Å². The Morgan fingerprint density at radius 1 is 1.30 bits per heavy atom. The topological polar surface area (TPSA) is 102 Å². The van der Waals surface area contributed by atoms with Gasteiger partial charge in [0, 0.05) is 33.1 Å². The Morgan fingerprint density at radius 3 is 2.78 bits per heavy atom. The van der Waals surface area contributed by atoms with Gasteiger partial charge in [-0.25, -0.2) is 14.5 Å². The number of aryl methyl sites for hydroxylation is 4. The lowest BCUT2D eigenvalue weighted by Gasteiger charge is -2.10. The van der Waals surface area contributed by atoms with Crippen molar-refractivity contribution in [1.29, 1.82) is 0 Å². The number of nitrogens with zero attached hydrogens (tertiary/aromatic N) is 5. The highest BCUT2D eigenvalue weighted by atomic mass is 127. The highest BCUT2D eigenvalue weighted by Gasteiger charge is 2.16. The maximum absolute atomic E-state index is 12.3. The van der Waals surface area contributed by atoms with E-state index in [-0.39, 0.29) is 29.7 Å². The van der Waals surface area contributed by atoms with Gasteiger partial charge in [-0.3, -0.25) is 9.56 Å². The van der Waals surface area contributed by atoms with Gasteiger partial charge in [-0.2, -0.15) is 5.10 Å². The average Bonchev–Trinajstić information content (AvgIpc) is 3.14. The average molecular weight is 489 g/mol. The molecule has 0 atom stereocenters. The summed E-state index contributed by atoms with van der Waals surface area (Å²) < 4.78 is 8.92. The van der Waals surface area contributed by atoms with Gasteiger partial charge in [0.25, 0.3) is 0 Å². The number of nitrogens with one attached hydrogen (secondary N) is 2. The molecule has 150 valence electrons. The number of fused-ring (bicyclic) bond motifs is 1. The number of guanidine groups is 1. The van der Waals surface area contributed by atoms with Crippen LogP contribution in [-0.4, -0.2) is 38.9 Å². The molecule has 0 fully saturated rings. The lowest BCUT2D eigenvalue weighted by atomic mass is 10.2. The summed E-state index contributed by atoms with van der Waals surface area (Å²) in [6.07, 6.45) is 3.86. The fourth-order valence-corrected chi connectivity index (χ4v) is 3.02. The quantitative estimate of drug-likeness (QED) is 0.275. The van der Waals surface area contributed by atoms with Crippen LogP contribution in [0, 0.1) is 13.8 Å². The summed E-state index contributed by atoms with van der Waals surface area (Å²) >= 11 is 0. The number of oxazole rings is 1. The van der Waals surface area contributed by atoms with Gasteiger partial charge in [0.1, 0.15) is 11.6 Å². The van der Waals surface area contributed by atoms with Crippen LogP contribution in [0.4, 0.5) is 0 Å². The Hall–Kier alpha value is -1.85. The molecule has 9 nitrogen and oxygen atoms in total. The summed E-state index contributed by atoms with van der Waals surface area (Å²) in [5.74, 6) is 3.06. The van der Waals surface area contributed by atoms with Crippen LogP contribution in [0.5, 0.6) is 0 Å². The standard InChI is InChI=1S/C17H27N7O2.HI/c1-12-13(2)26-15(21-12)11-20-16(18-3)19-8-6-10-24-17(25)23-9-5-4-7-14(23)22-24;/h4-11H2,1-3H3,(H2,18,19,20);1H. The molecule has 0 saturated carbocycles. The molecule has 2 aromatic heterocycles. The smallest absolute Gasteiger partial charge is 0.345 e. The number of hydrogen-bond donors (Lipinski definition) is 2. The maximum atomic E-state index is 12.3. The van der Waals surface area contributed by atoms with Gasteiger partial charge in [-0.15, -0.1) is 24.0 Å². The van der Waals surface area contributed by atoms with Crippen molar-refractivity contribution in [1.82, 2.24) is 30.0 Å². The van der Waals surface area contributed by atoms with Crippen molar-refractivity contribution in [3.8, 4) is 0 Å². The highest BCUT2D eigenvalue weighted by Crippen LogP contribution is 2.09.